The quantitative estimate of drug-likeness (QED) is 0.535. The van der Waals surface area contributed by atoms with Crippen molar-refractivity contribution in [1.29, 1.82) is 0 Å². The number of hydrogen-bond acceptors (Lipinski definition) is 4. The molecule has 2 unspecified atom stereocenters. The molecular weight excluding hydrogens is 272 g/mol. The number of ether oxygens (including phenoxy) is 2. The van der Waals surface area contributed by atoms with Crippen LogP contribution >= 0.6 is 0 Å². The Morgan fingerprint density at radius 1 is 1.35 bits per heavy atom. The highest BCUT2D eigenvalue weighted by atomic mass is 28.3. The summed E-state index contributed by atoms with van der Waals surface area (Å²) in [6, 6.07) is 0. The van der Waals surface area contributed by atoms with E-state index in [0.717, 1.165) is 0 Å². The standard InChI is InChI=1S/C15H18O4Si/c1-20(2,3)7-6-9-4-5-10-12(13(9)16)11-8-18-15(19-11)14(10)17/h4-5,11-13,15-16H,8H2,1-3H3/t11-,12?,13?,15-/m1/s1. The predicted octanol–water partition coefficient (Wildman–Crippen LogP) is 1.03. The smallest absolute Gasteiger partial charge is 0.222 e. The molecule has 0 saturated carbocycles. The summed E-state index contributed by atoms with van der Waals surface area (Å²) in [5.41, 5.74) is 4.52. The highest BCUT2D eigenvalue weighted by Crippen LogP contribution is 2.39. The fourth-order valence-corrected chi connectivity index (χ4v) is 3.18. The zero-order valence-corrected chi connectivity index (χ0v) is 12.8. The molecule has 3 rings (SSSR count). The van der Waals surface area contributed by atoms with Gasteiger partial charge in [-0.1, -0.05) is 31.6 Å². The van der Waals surface area contributed by atoms with E-state index in [4.69, 9.17) is 9.47 Å². The van der Waals surface area contributed by atoms with Crippen LogP contribution in [0, 0.1) is 17.4 Å². The zero-order chi connectivity index (χ0) is 14.5. The van der Waals surface area contributed by atoms with E-state index in [-0.39, 0.29) is 17.8 Å². The molecule has 0 radical (unpaired) electrons. The van der Waals surface area contributed by atoms with Crippen molar-refractivity contribution in [3.8, 4) is 11.5 Å². The third-order valence-corrected chi connectivity index (χ3v) is 4.53. The Bertz CT molecular complexity index is 573. The van der Waals surface area contributed by atoms with Gasteiger partial charge < -0.3 is 14.6 Å². The molecule has 1 aliphatic carbocycles. The molecule has 2 bridgehead atoms. The number of allylic oxidation sites excluding steroid dienone is 2. The fourth-order valence-electron chi connectivity index (χ4n) is 2.66. The number of rotatable bonds is 0. The monoisotopic (exact) mass is 290 g/mol. The van der Waals surface area contributed by atoms with Crippen molar-refractivity contribution in [3.05, 3.63) is 23.3 Å². The third-order valence-electron chi connectivity index (χ3n) is 3.65. The zero-order valence-electron chi connectivity index (χ0n) is 11.8. The van der Waals surface area contributed by atoms with Crippen LogP contribution in [0.25, 0.3) is 0 Å². The first-order valence-corrected chi connectivity index (χ1v) is 10.3. The molecule has 5 heteroatoms. The molecule has 2 saturated heterocycles. The van der Waals surface area contributed by atoms with E-state index in [1.165, 1.54) is 0 Å². The lowest BCUT2D eigenvalue weighted by Crippen LogP contribution is -2.45. The van der Waals surface area contributed by atoms with Crippen LogP contribution in [0.5, 0.6) is 0 Å². The van der Waals surface area contributed by atoms with Crippen molar-refractivity contribution in [2.45, 2.75) is 38.1 Å². The predicted molar refractivity (Wildman–Crippen MR) is 76.4 cm³/mol. The largest absolute Gasteiger partial charge is 0.387 e. The van der Waals surface area contributed by atoms with Gasteiger partial charge in [0.2, 0.25) is 12.1 Å². The summed E-state index contributed by atoms with van der Waals surface area (Å²) in [5.74, 6) is 2.57. The van der Waals surface area contributed by atoms with Gasteiger partial charge in [0.25, 0.3) is 0 Å². The molecule has 2 aliphatic heterocycles. The van der Waals surface area contributed by atoms with Gasteiger partial charge in [-0.2, -0.15) is 0 Å². The van der Waals surface area contributed by atoms with Crippen molar-refractivity contribution in [2.24, 2.45) is 5.92 Å². The van der Waals surface area contributed by atoms with Gasteiger partial charge in [0, 0.05) is 17.1 Å². The van der Waals surface area contributed by atoms with Crippen LogP contribution in [0.4, 0.5) is 0 Å². The first-order chi connectivity index (χ1) is 9.37. The lowest BCUT2D eigenvalue weighted by atomic mass is 9.78. The molecule has 2 fully saturated rings. The summed E-state index contributed by atoms with van der Waals surface area (Å²) in [5, 5.41) is 10.5. The summed E-state index contributed by atoms with van der Waals surface area (Å²) in [6.45, 7) is 6.81. The van der Waals surface area contributed by atoms with Crippen molar-refractivity contribution in [3.63, 3.8) is 0 Å². The number of Topliss-reactive ketones (excluding diaryl/α,β-unsaturated/α-hetero) is 1. The normalized spacial score (nSPS) is 35.7. The van der Waals surface area contributed by atoms with Crippen molar-refractivity contribution < 1.29 is 19.4 Å². The highest BCUT2D eigenvalue weighted by molar-refractivity contribution is 6.83. The highest BCUT2D eigenvalue weighted by Gasteiger charge is 2.50. The van der Waals surface area contributed by atoms with E-state index in [2.05, 4.69) is 31.1 Å². The number of aliphatic hydroxyl groups is 1. The summed E-state index contributed by atoms with van der Waals surface area (Å²) in [4.78, 5) is 12.1. The van der Waals surface area contributed by atoms with E-state index in [0.29, 0.717) is 17.8 Å². The maximum Gasteiger partial charge on any atom is 0.222 e. The molecule has 4 nitrogen and oxygen atoms in total. The summed E-state index contributed by atoms with van der Waals surface area (Å²) >= 11 is 0. The second-order valence-electron chi connectivity index (χ2n) is 6.42. The molecule has 0 amide bonds. The Morgan fingerprint density at radius 3 is 2.80 bits per heavy atom. The molecule has 4 atom stereocenters. The van der Waals surface area contributed by atoms with Gasteiger partial charge in [0.1, 0.15) is 8.07 Å². The van der Waals surface area contributed by atoms with Crippen LogP contribution in [0.15, 0.2) is 23.3 Å². The molecule has 0 aromatic heterocycles. The Labute approximate surface area is 119 Å². The van der Waals surface area contributed by atoms with Gasteiger partial charge in [-0.3, -0.25) is 4.79 Å². The SMILES string of the molecule is C[Si](C)(C)C#CC1=CC=C2C(=O)[C@@H]3OC[C@@H](O3)C2C1O. The minimum Gasteiger partial charge on any atom is -0.387 e. The van der Waals surface area contributed by atoms with Crippen LogP contribution in [-0.2, 0) is 14.3 Å². The molecule has 0 aromatic rings. The Kier molecular flexibility index (Phi) is 3.22. The maximum atomic E-state index is 12.1. The topological polar surface area (TPSA) is 55.8 Å². The Hall–Kier alpha value is -1.19. The van der Waals surface area contributed by atoms with Gasteiger partial charge >= 0.3 is 0 Å². The van der Waals surface area contributed by atoms with Gasteiger partial charge in [0.05, 0.1) is 18.8 Å². The summed E-state index contributed by atoms with van der Waals surface area (Å²) < 4.78 is 10.8. The first-order valence-electron chi connectivity index (χ1n) is 6.81. The second-order valence-corrected chi connectivity index (χ2v) is 11.2. The first kappa shape index (κ1) is 13.8. The van der Waals surface area contributed by atoms with Crippen LogP contribution in [-0.4, -0.2) is 44.1 Å². The van der Waals surface area contributed by atoms with Crippen LogP contribution in [0.1, 0.15) is 0 Å². The summed E-state index contributed by atoms with van der Waals surface area (Å²) in [7, 11) is -1.50. The second kappa shape index (κ2) is 4.67. The molecule has 20 heavy (non-hydrogen) atoms. The van der Waals surface area contributed by atoms with E-state index >= 15 is 0 Å². The van der Waals surface area contributed by atoms with Crippen molar-refractivity contribution >= 4 is 13.9 Å². The van der Waals surface area contributed by atoms with Gasteiger partial charge in [-0.05, 0) is 6.08 Å². The number of carbonyl (C=O) groups is 1. The van der Waals surface area contributed by atoms with E-state index < -0.39 is 20.5 Å². The molecule has 0 spiro atoms. The molecule has 106 valence electrons. The van der Waals surface area contributed by atoms with Gasteiger partial charge in [-0.15, -0.1) is 5.54 Å². The lowest BCUT2D eigenvalue weighted by molar-refractivity contribution is -0.151. The summed E-state index contributed by atoms with van der Waals surface area (Å²) in [6.07, 6.45) is 1.71. The lowest BCUT2D eigenvalue weighted by Gasteiger charge is -2.34. The van der Waals surface area contributed by atoms with E-state index in [1.54, 1.807) is 12.2 Å². The fraction of sp³-hybridized carbons (Fsp3) is 0.533. The Morgan fingerprint density at radius 2 is 2.10 bits per heavy atom. The average Bonchev–Trinajstić information content (AvgIpc) is 2.79. The number of carbonyl (C=O) groups excluding carboxylic acids is 1. The minimum absolute atomic E-state index is 0.170. The number of ketones is 1. The van der Waals surface area contributed by atoms with Crippen LogP contribution < -0.4 is 0 Å². The van der Waals surface area contributed by atoms with Crippen molar-refractivity contribution in [1.82, 2.24) is 0 Å². The molecule has 1 N–H and O–H groups in total. The molecule has 2 heterocycles. The Balaban J connectivity index is 1.94. The van der Waals surface area contributed by atoms with E-state index in [1.807, 2.05) is 0 Å². The number of aliphatic hydroxyl groups excluding tert-OH is 1. The van der Waals surface area contributed by atoms with Gasteiger partial charge in [-0.25, -0.2) is 0 Å². The van der Waals surface area contributed by atoms with Gasteiger partial charge in [0.15, 0.2) is 0 Å². The van der Waals surface area contributed by atoms with Crippen LogP contribution in [0.3, 0.4) is 0 Å². The minimum atomic E-state index is -1.50. The average molecular weight is 290 g/mol. The van der Waals surface area contributed by atoms with Crippen LogP contribution in [0.2, 0.25) is 19.6 Å². The molecular formula is C15H18O4Si. The molecule has 3 aliphatic rings. The number of fused-ring (bicyclic) bond motifs is 4. The number of hydrogen-bond donors (Lipinski definition) is 1. The third kappa shape index (κ3) is 2.29. The van der Waals surface area contributed by atoms with Crippen molar-refractivity contribution in [2.75, 3.05) is 6.61 Å². The van der Waals surface area contributed by atoms with E-state index in [9.17, 15) is 9.90 Å². The maximum absolute atomic E-state index is 12.1. The molecule has 0 aromatic carbocycles.